The van der Waals surface area contributed by atoms with Crippen LogP contribution in [-0.4, -0.2) is 9.91 Å². The molecule has 0 aromatic carbocycles. The first kappa shape index (κ1) is 11.9. The minimum Gasteiger partial charge on any atom is -0.326 e. The molecule has 1 aromatic heterocycles. The van der Waals surface area contributed by atoms with Crippen molar-refractivity contribution in [1.82, 2.24) is 4.98 Å². The van der Waals surface area contributed by atoms with E-state index in [0.29, 0.717) is 0 Å². The topological polar surface area (TPSA) is 106 Å². The van der Waals surface area contributed by atoms with Crippen LogP contribution in [0.1, 0.15) is 23.2 Å². The van der Waals surface area contributed by atoms with E-state index in [1.165, 1.54) is 6.07 Å². The summed E-state index contributed by atoms with van der Waals surface area (Å²) in [4.78, 5) is 12.8. The van der Waals surface area contributed by atoms with Crippen molar-refractivity contribution in [2.75, 3.05) is 0 Å². The number of nitrogens with two attached hydrogens (primary N) is 1. The van der Waals surface area contributed by atoms with Crippen molar-refractivity contribution in [3.8, 4) is 6.07 Å². The molecule has 0 aliphatic rings. The molecule has 0 amide bonds. The molecule has 0 saturated carbocycles. The van der Waals surface area contributed by atoms with Gasteiger partial charge >= 0.3 is 5.69 Å². The minimum atomic E-state index is -3.11. The molecular weight excluding hydrogens is 222 g/mol. The standard InChI is InChI=1S/C8H6F2N4O2/c9-8(10)6-7(14(15)16)5(2-12)4(1-11)3-13-6/h3,8H,1,11H2. The van der Waals surface area contributed by atoms with E-state index in [1.807, 2.05) is 0 Å². The molecule has 0 radical (unpaired) electrons. The van der Waals surface area contributed by atoms with E-state index >= 15 is 0 Å². The molecule has 0 fully saturated rings. The van der Waals surface area contributed by atoms with Crippen molar-refractivity contribution in [2.45, 2.75) is 13.0 Å². The molecule has 0 atom stereocenters. The zero-order valence-corrected chi connectivity index (χ0v) is 7.85. The van der Waals surface area contributed by atoms with Gasteiger partial charge in [0, 0.05) is 18.3 Å². The zero-order valence-electron chi connectivity index (χ0n) is 7.85. The third-order valence-corrected chi connectivity index (χ3v) is 1.88. The maximum absolute atomic E-state index is 12.4. The van der Waals surface area contributed by atoms with Gasteiger partial charge in [-0.3, -0.25) is 10.1 Å². The van der Waals surface area contributed by atoms with Gasteiger partial charge in [0.1, 0.15) is 11.6 Å². The summed E-state index contributed by atoms with van der Waals surface area (Å²) in [5.41, 5.74) is 2.84. The lowest BCUT2D eigenvalue weighted by molar-refractivity contribution is -0.387. The van der Waals surface area contributed by atoms with Crippen molar-refractivity contribution in [1.29, 1.82) is 5.26 Å². The number of alkyl halides is 2. The Balaban J connectivity index is 3.59. The van der Waals surface area contributed by atoms with Crippen LogP contribution >= 0.6 is 0 Å². The highest BCUT2D eigenvalue weighted by Crippen LogP contribution is 2.31. The third kappa shape index (κ3) is 1.94. The summed E-state index contributed by atoms with van der Waals surface area (Å²) in [7, 11) is 0. The Labute approximate surface area is 88.5 Å². The average molecular weight is 228 g/mol. The van der Waals surface area contributed by atoms with Gasteiger partial charge < -0.3 is 5.73 Å². The van der Waals surface area contributed by atoms with Gasteiger partial charge in [-0.1, -0.05) is 0 Å². The second-order valence-electron chi connectivity index (χ2n) is 2.77. The summed E-state index contributed by atoms with van der Waals surface area (Å²) in [5.74, 6) is 0. The first-order valence-corrected chi connectivity index (χ1v) is 4.07. The van der Waals surface area contributed by atoms with E-state index in [4.69, 9.17) is 11.0 Å². The second-order valence-corrected chi connectivity index (χ2v) is 2.77. The van der Waals surface area contributed by atoms with Gasteiger partial charge in [-0.05, 0) is 0 Å². The minimum absolute atomic E-state index is 0.0681. The molecule has 0 unspecified atom stereocenters. The summed E-state index contributed by atoms with van der Waals surface area (Å²) >= 11 is 0. The van der Waals surface area contributed by atoms with Crippen LogP contribution in [0.3, 0.4) is 0 Å². The molecule has 0 spiro atoms. The van der Waals surface area contributed by atoms with Crippen molar-refractivity contribution < 1.29 is 13.7 Å². The van der Waals surface area contributed by atoms with Crippen molar-refractivity contribution in [2.24, 2.45) is 5.73 Å². The average Bonchev–Trinajstić information content (AvgIpc) is 2.26. The fraction of sp³-hybridized carbons (Fsp3) is 0.250. The first-order valence-electron chi connectivity index (χ1n) is 4.07. The van der Waals surface area contributed by atoms with Crippen LogP contribution in [-0.2, 0) is 6.54 Å². The Morgan fingerprint density at radius 1 is 1.69 bits per heavy atom. The fourth-order valence-corrected chi connectivity index (χ4v) is 1.18. The number of hydrogen-bond donors (Lipinski definition) is 1. The van der Waals surface area contributed by atoms with E-state index in [0.717, 1.165) is 6.20 Å². The number of nitro groups is 1. The van der Waals surface area contributed by atoms with Crippen LogP contribution in [0.2, 0.25) is 0 Å². The van der Waals surface area contributed by atoms with E-state index in [1.54, 1.807) is 0 Å². The predicted molar refractivity (Wildman–Crippen MR) is 48.5 cm³/mol. The van der Waals surface area contributed by atoms with Gasteiger partial charge in [0.25, 0.3) is 6.43 Å². The lowest BCUT2D eigenvalue weighted by atomic mass is 10.1. The number of hydrogen-bond acceptors (Lipinski definition) is 5. The summed E-state index contributed by atoms with van der Waals surface area (Å²) < 4.78 is 24.9. The number of nitriles is 1. The van der Waals surface area contributed by atoms with E-state index in [9.17, 15) is 18.9 Å². The molecule has 1 heterocycles. The van der Waals surface area contributed by atoms with Gasteiger partial charge in [0.05, 0.1) is 4.92 Å². The maximum atomic E-state index is 12.4. The molecule has 1 rings (SSSR count). The number of halogens is 2. The molecule has 1 aromatic rings. The molecule has 0 aliphatic carbocycles. The molecule has 0 aliphatic heterocycles. The smallest absolute Gasteiger partial charge is 0.314 e. The number of rotatable bonds is 3. The van der Waals surface area contributed by atoms with E-state index in [2.05, 4.69) is 4.98 Å². The van der Waals surface area contributed by atoms with Crippen LogP contribution in [0.25, 0.3) is 0 Å². The van der Waals surface area contributed by atoms with Gasteiger partial charge in [0.15, 0.2) is 5.69 Å². The zero-order chi connectivity index (χ0) is 12.3. The third-order valence-electron chi connectivity index (χ3n) is 1.88. The number of aromatic nitrogens is 1. The Hall–Kier alpha value is -2.14. The Morgan fingerprint density at radius 3 is 2.69 bits per heavy atom. The summed E-state index contributed by atoms with van der Waals surface area (Å²) in [6.45, 7) is -0.180. The van der Waals surface area contributed by atoms with Gasteiger partial charge in [-0.15, -0.1) is 0 Å². The van der Waals surface area contributed by atoms with E-state index in [-0.39, 0.29) is 12.1 Å². The lowest BCUT2D eigenvalue weighted by Crippen LogP contribution is -2.08. The van der Waals surface area contributed by atoms with Crippen molar-refractivity contribution in [3.05, 3.63) is 33.1 Å². The maximum Gasteiger partial charge on any atom is 0.314 e. The summed E-state index contributed by atoms with van der Waals surface area (Å²) in [6, 6.07) is 1.50. The Morgan fingerprint density at radius 2 is 2.31 bits per heavy atom. The van der Waals surface area contributed by atoms with E-state index < -0.39 is 28.3 Å². The summed E-state index contributed by atoms with van der Waals surface area (Å²) in [6.07, 6.45) is -2.16. The van der Waals surface area contributed by atoms with Gasteiger partial charge in [-0.2, -0.15) is 5.26 Å². The quantitative estimate of drug-likeness (QED) is 0.619. The Bertz CT molecular complexity index is 470. The van der Waals surface area contributed by atoms with Crippen LogP contribution in [0, 0.1) is 21.4 Å². The molecule has 16 heavy (non-hydrogen) atoms. The van der Waals surface area contributed by atoms with Crippen molar-refractivity contribution >= 4 is 5.69 Å². The monoisotopic (exact) mass is 228 g/mol. The molecule has 2 N–H and O–H groups in total. The van der Waals surface area contributed by atoms with Crippen LogP contribution in [0.4, 0.5) is 14.5 Å². The number of pyridine rings is 1. The highest BCUT2D eigenvalue weighted by molar-refractivity contribution is 5.55. The first-order chi connectivity index (χ1) is 7.52. The van der Waals surface area contributed by atoms with Crippen LogP contribution in [0.15, 0.2) is 6.20 Å². The molecule has 0 bridgehead atoms. The van der Waals surface area contributed by atoms with Gasteiger partial charge in [0.2, 0.25) is 0 Å². The lowest BCUT2D eigenvalue weighted by Gasteiger charge is -2.05. The molecule has 0 saturated heterocycles. The molecule has 6 nitrogen and oxygen atoms in total. The number of nitrogens with zero attached hydrogens (tertiary/aromatic N) is 3. The highest BCUT2D eigenvalue weighted by Gasteiger charge is 2.29. The van der Waals surface area contributed by atoms with Crippen LogP contribution < -0.4 is 5.73 Å². The Kier molecular flexibility index (Phi) is 3.42. The van der Waals surface area contributed by atoms with Gasteiger partial charge in [-0.25, -0.2) is 13.8 Å². The molecular formula is C8H6F2N4O2. The molecule has 8 heteroatoms. The fourth-order valence-electron chi connectivity index (χ4n) is 1.18. The second kappa shape index (κ2) is 4.59. The normalized spacial score (nSPS) is 10.2. The SMILES string of the molecule is N#Cc1c(CN)cnc(C(F)F)c1[N+](=O)[O-]. The van der Waals surface area contributed by atoms with Crippen molar-refractivity contribution in [3.63, 3.8) is 0 Å². The summed E-state index contributed by atoms with van der Waals surface area (Å²) in [5, 5.41) is 19.3. The van der Waals surface area contributed by atoms with Crippen LogP contribution in [0.5, 0.6) is 0 Å². The highest BCUT2D eigenvalue weighted by atomic mass is 19.3. The largest absolute Gasteiger partial charge is 0.326 e. The molecule has 84 valence electrons. The predicted octanol–water partition coefficient (Wildman–Crippen LogP) is 1.26.